The smallest absolute Gasteiger partial charge is 0.396 e. The summed E-state index contributed by atoms with van der Waals surface area (Å²) in [5.41, 5.74) is 4.68. The molecule has 4 nitrogen and oxygen atoms in total. The lowest BCUT2D eigenvalue weighted by Crippen LogP contribution is -2.20. The number of nitrogen functional groups attached to an aromatic ring is 1. The fourth-order valence-electron chi connectivity index (χ4n) is 1.80. The second-order valence-electron chi connectivity index (χ2n) is 4.18. The highest BCUT2D eigenvalue weighted by Gasteiger charge is 2.31. The highest BCUT2D eigenvalue weighted by molar-refractivity contribution is 5.62. The Morgan fingerprint density at radius 1 is 1.50 bits per heavy atom. The second kappa shape index (κ2) is 5.01. The number of nitrogens with zero attached hydrogens (tertiary/aromatic N) is 1. The summed E-state index contributed by atoms with van der Waals surface area (Å²) in [5, 5.41) is 2.91. The lowest BCUT2D eigenvalue weighted by Gasteiger charge is -2.14. The van der Waals surface area contributed by atoms with E-state index in [1.807, 2.05) is 0 Å². The molecule has 1 aromatic rings. The van der Waals surface area contributed by atoms with Crippen LogP contribution in [0, 0.1) is 0 Å². The summed E-state index contributed by atoms with van der Waals surface area (Å²) in [4.78, 5) is 3.69. The van der Waals surface area contributed by atoms with Crippen molar-refractivity contribution in [2.45, 2.75) is 25.1 Å². The van der Waals surface area contributed by atoms with Crippen LogP contribution in [0.2, 0.25) is 0 Å². The van der Waals surface area contributed by atoms with Crippen LogP contribution in [0.5, 0.6) is 0 Å². The van der Waals surface area contributed by atoms with Crippen LogP contribution < -0.4 is 11.1 Å². The number of pyridine rings is 1. The Balaban J connectivity index is 2.01. The number of anilines is 2. The van der Waals surface area contributed by atoms with E-state index < -0.39 is 11.7 Å². The highest BCUT2D eigenvalue weighted by Crippen LogP contribution is 2.31. The maximum Gasteiger partial charge on any atom is 0.417 e. The molecule has 1 unspecified atom stereocenters. The normalized spacial score (nSPS) is 20.1. The first-order chi connectivity index (χ1) is 8.47. The second-order valence-corrected chi connectivity index (χ2v) is 4.18. The van der Waals surface area contributed by atoms with Crippen molar-refractivity contribution in [2.24, 2.45) is 0 Å². The number of hydrogen-bond donors (Lipinski definition) is 2. The molecule has 1 aromatic heterocycles. The van der Waals surface area contributed by atoms with Crippen molar-refractivity contribution in [3.63, 3.8) is 0 Å². The monoisotopic (exact) mass is 261 g/mol. The van der Waals surface area contributed by atoms with Crippen molar-refractivity contribution < 1.29 is 17.9 Å². The predicted octanol–water partition coefficient (Wildman–Crippen LogP) is 2.27. The van der Waals surface area contributed by atoms with Gasteiger partial charge in [-0.3, -0.25) is 0 Å². The van der Waals surface area contributed by atoms with Gasteiger partial charge in [0.2, 0.25) is 0 Å². The molecule has 0 aliphatic carbocycles. The molecule has 18 heavy (non-hydrogen) atoms. The minimum atomic E-state index is -4.42. The standard InChI is InChI=1S/C11H14F3N3O/c12-11(13,14)7-4-9(15)10(16-5-7)17-6-8-2-1-3-18-8/h4-5,8H,1-3,6,15H2,(H,16,17). The minimum absolute atomic E-state index is 0.0113. The quantitative estimate of drug-likeness (QED) is 0.876. The van der Waals surface area contributed by atoms with E-state index in [1.165, 1.54) is 0 Å². The Hall–Kier alpha value is -1.50. The van der Waals surface area contributed by atoms with Gasteiger partial charge in [0, 0.05) is 19.3 Å². The molecule has 1 aliphatic rings. The molecule has 1 atom stereocenters. The highest BCUT2D eigenvalue weighted by atomic mass is 19.4. The lowest BCUT2D eigenvalue weighted by atomic mass is 10.2. The molecule has 2 rings (SSSR count). The van der Waals surface area contributed by atoms with Crippen LogP contribution in [-0.2, 0) is 10.9 Å². The third-order valence-electron chi connectivity index (χ3n) is 2.77. The van der Waals surface area contributed by atoms with Gasteiger partial charge in [0.15, 0.2) is 0 Å². The van der Waals surface area contributed by atoms with Gasteiger partial charge in [0.25, 0.3) is 0 Å². The average Bonchev–Trinajstić information content (AvgIpc) is 2.79. The number of ether oxygens (including phenoxy) is 1. The van der Waals surface area contributed by atoms with Gasteiger partial charge in [0.1, 0.15) is 5.82 Å². The summed E-state index contributed by atoms with van der Waals surface area (Å²) >= 11 is 0. The number of aromatic nitrogens is 1. The van der Waals surface area contributed by atoms with Gasteiger partial charge in [-0.15, -0.1) is 0 Å². The van der Waals surface area contributed by atoms with E-state index in [-0.39, 0.29) is 17.6 Å². The number of halogens is 3. The molecule has 100 valence electrons. The Kier molecular flexibility index (Phi) is 3.60. The lowest BCUT2D eigenvalue weighted by molar-refractivity contribution is -0.137. The van der Waals surface area contributed by atoms with Crippen LogP contribution in [-0.4, -0.2) is 24.2 Å². The molecular weight excluding hydrogens is 247 g/mol. The molecule has 7 heteroatoms. The summed E-state index contributed by atoms with van der Waals surface area (Å²) in [6.45, 7) is 1.23. The Morgan fingerprint density at radius 2 is 2.28 bits per heavy atom. The molecule has 1 aliphatic heterocycles. The number of nitrogens with two attached hydrogens (primary N) is 1. The zero-order valence-corrected chi connectivity index (χ0v) is 9.63. The first kappa shape index (κ1) is 12.9. The third-order valence-corrected chi connectivity index (χ3v) is 2.77. The fraction of sp³-hybridized carbons (Fsp3) is 0.545. The van der Waals surface area contributed by atoms with E-state index in [1.54, 1.807) is 0 Å². The molecule has 1 saturated heterocycles. The van der Waals surface area contributed by atoms with E-state index in [2.05, 4.69) is 10.3 Å². The van der Waals surface area contributed by atoms with Crippen molar-refractivity contribution in [1.29, 1.82) is 0 Å². The molecule has 0 amide bonds. The van der Waals surface area contributed by atoms with E-state index in [4.69, 9.17) is 10.5 Å². The van der Waals surface area contributed by atoms with Crippen LogP contribution in [0.4, 0.5) is 24.7 Å². The first-order valence-electron chi connectivity index (χ1n) is 5.65. The summed E-state index contributed by atoms with van der Waals surface area (Å²) in [5.74, 6) is 0.262. The fourth-order valence-corrected chi connectivity index (χ4v) is 1.80. The number of nitrogens with one attached hydrogen (secondary N) is 1. The summed E-state index contributed by atoms with van der Waals surface area (Å²) in [6, 6.07) is 0.880. The molecule has 0 saturated carbocycles. The van der Waals surface area contributed by atoms with Crippen molar-refractivity contribution >= 4 is 11.5 Å². The van der Waals surface area contributed by atoms with E-state index in [9.17, 15) is 13.2 Å². The van der Waals surface area contributed by atoms with Gasteiger partial charge in [-0.1, -0.05) is 0 Å². The van der Waals surface area contributed by atoms with Crippen LogP contribution in [0.1, 0.15) is 18.4 Å². The minimum Gasteiger partial charge on any atom is -0.396 e. The van der Waals surface area contributed by atoms with Gasteiger partial charge in [0.05, 0.1) is 17.4 Å². The maximum atomic E-state index is 12.4. The predicted molar refractivity (Wildman–Crippen MR) is 61.1 cm³/mol. The zero-order valence-electron chi connectivity index (χ0n) is 9.63. The molecule has 0 spiro atoms. The van der Waals surface area contributed by atoms with Gasteiger partial charge in [-0.05, 0) is 18.9 Å². The van der Waals surface area contributed by atoms with Crippen molar-refractivity contribution in [3.8, 4) is 0 Å². The Bertz CT molecular complexity index is 416. The first-order valence-corrected chi connectivity index (χ1v) is 5.65. The molecule has 0 aromatic carbocycles. The van der Waals surface area contributed by atoms with Crippen molar-refractivity contribution in [2.75, 3.05) is 24.2 Å². The molecule has 3 N–H and O–H groups in total. The number of alkyl halides is 3. The average molecular weight is 261 g/mol. The maximum absolute atomic E-state index is 12.4. The van der Waals surface area contributed by atoms with Crippen LogP contribution in [0.15, 0.2) is 12.3 Å². The van der Waals surface area contributed by atoms with Gasteiger partial charge in [-0.25, -0.2) is 4.98 Å². The van der Waals surface area contributed by atoms with Crippen LogP contribution >= 0.6 is 0 Å². The molecule has 2 heterocycles. The number of hydrogen-bond acceptors (Lipinski definition) is 4. The molecule has 0 bridgehead atoms. The van der Waals surface area contributed by atoms with Crippen LogP contribution in [0.3, 0.4) is 0 Å². The van der Waals surface area contributed by atoms with E-state index in [0.29, 0.717) is 6.54 Å². The van der Waals surface area contributed by atoms with Crippen molar-refractivity contribution in [3.05, 3.63) is 17.8 Å². The molecule has 1 fully saturated rings. The topological polar surface area (TPSA) is 60.2 Å². The van der Waals surface area contributed by atoms with E-state index >= 15 is 0 Å². The van der Waals surface area contributed by atoms with E-state index in [0.717, 1.165) is 31.7 Å². The molecule has 0 radical (unpaired) electrons. The van der Waals surface area contributed by atoms with Gasteiger partial charge >= 0.3 is 6.18 Å². The van der Waals surface area contributed by atoms with Gasteiger partial charge < -0.3 is 15.8 Å². The Morgan fingerprint density at radius 3 is 2.83 bits per heavy atom. The SMILES string of the molecule is Nc1cc(C(F)(F)F)cnc1NCC1CCCO1. The summed E-state index contributed by atoms with van der Waals surface area (Å²) in [7, 11) is 0. The Labute approximate surface area is 102 Å². The summed E-state index contributed by atoms with van der Waals surface area (Å²) < 4.78 is 42.6. The number of rotatable bonds is 3. The zero-order chi connectivity index (χ0) is 13.2. The summed E-state index contributed by atoms with van der Waals surface area (Å²) in [6.07, 6.45) is -1.63. The van der Waals surface area contributed by atoms with Crippen LogP contribution in [0.25, 0.3) is 0 Å². The largest absolute Gasteiger partial charge is 0.417 e. The van der Waals surface area contributed by atoms with Gasteiger partial charge in [-0.2, -0.15) is 13.2 Å². The van der Waals surface area contributed by atoms with Crippen molar-refractivity contribution in [1.82, 2.24) is 4.98 Å². The molecular formula is C11H14F3N3O. The third kappa shape index (κ3) is 3.04.